The Morgan fingerprint density at radius 2 is 2.29 bits per heavy atom. The maximum atomic E-state index is 5.82. The number of nitrogens with two attached hydrogens (primary N) is 1. The van der Waals surface area contributed by atoms with Crippen molar-refractivity contribution in [3.05, 3.63) is 29.8 Å². The molecule has 2 unspecified atom stereocenters. The molecule has 2 atom stereocenters. The van der Waals surface area contributed by atoms with E-state index < -0.39 is 0 Å². The Labute approximate surface area is 132 Å². The molecule has 0 spiro atoms. The summed E-state index contributed by atoms with van der Waals surface area (Å²) in [5, 5.41) is 0.833. The van der Waals surface area contributed by atoms with Crippen molar-refractivity contribution in [2.75, 3.05) is 18.9 Å². The fourth-order valence-electron chi connectivity index (χ4n) is 2.72. The third-order valence-corrected chi connectivity index (χ3v) is 5.06. The summed E-state index contributed by atoms with van der Waals surface area (Å²) in [7, 11) is 0. The number of thioether (sulfide) groups is 1. The second-order valence-corrected chi connectivity index (χ2v) is 7.06. The molecule has 1 saturated carbocycles. The first-order chi connectivity index (χ1) is 10.3. The van der Waals surface area contributed by atoms with Crippen molar-refractivity contribution in [2.24, 2.45) is 11.7 Å². The summed E-state index contributed by atoms with van der Waals surface area (Å²) in [4.78, 5) is 0. The molecule has 2 nitrogen and oxygen atoms in total. The molecule has 0 heterocycles. The van der Waals surface area contributed by atoms with E-state index in [1.807, 2.05) is 24.3 Å². The molecular formula is C18H25NOS. The molecule has 0 radical (unpaired) electrons. The van der Waals surface area contributed by atoms with Gasteiger partial charge in [0.25, 0.3) is 0 Å². The molecule has 0 amide bonds. The minimum absolute atomic E-state index is 0.390. The molecule has 0 aliphatic heterocycles. The highest BCUT2D eigenvalue weighted by Crippen LogP contribution is 2.31. The van der Waals surface area contributed by atoms with Gasteiger partial charge in [0.15, 0.2) is 0 Å². The van der Waals surface area contributed by atoms with Gasteiger partial charge in [-0.3, -0.25) is 0 Å². The van der Waals surface area contributed by atoms with E-state index in [-0.39, 0.29) is 0 Å². The molecule has 1 aromatic rings. The Hall–Kier alpha value is -1.11. The van der Waals surface area contributed by atoms with Crippen LogP contribution in [0.15, 0.2) is 24.3 Å². The highest BCUT2D eigenvalue weighted by Gasteiger charge is 2.18. The average Bonchev–Trinajstić information content (AvgIpc) is 2.50. The van der Waals surface area contributed by atoms with Crippen molar-refractivity contribution in [3.8, 4) is 17.6 Å². The lowest BCUT2D eigenvalue weighted by Crippen LogP contribution is -2.16. The molecule has 0 saturated heterocycles. The zero-order valence-electron chi connectivity index (χ0n) is 12.8. The fraction of sp³-hybridized carbons (Fsp3) is 0.556. The second-order valence-electron chi connectivity index (χ2n) is 5.65. The lowest BCUT2D eigenvalue weighted by atomic mass is 9.91. The number of ether oxygens (including phenoxy) is 1. The zero-order chi connectivity index (χ0) is 14.9. The van der Waals surface area contributed by atoms with Crippen LogP contribution in [0.1, 0.15) is 38.2 Å². The van der Waals surface area contributed by atoms with Gasteiger partial charge in [-0.2, -0.15) is 11.8 Å². The highest BCUT2D eigenvalue weighted by atomic mass is 32.2. The summed E-state index contributed by atoms with van der Waals surface area (Å²) in [5.74, 6) is 8.76. The normalized spacial score (nSPS) is 21.4. The Kier molecular flexibility index (Phi) is 6.99. The topological polar surface area (TPSA) is 35.2 Å². The number of benzene rings is 1. The summed E-state index contributed by atoms with van der Waals surface area (Å²) in [6, 6.07) is 7.93. The Bertz CT molecular complexity index is 491. The molecule has 0 aromatic heterocycles. The van der Waals surface area contributed by atoms with Crippen LogP contribution in [0.2, 0.25) is 0 Å². The molecule has 1 aromatic carbocycles. The van der Waals surface area contributed by atoms with E-state index in [0.717, 1.165) is 34.8 Å². The van der Waals surface area contributed by atoms with Crippen LogP contribution in [0, 0.1) is 17.8 Å². The average molecular weight is 303 g/mol. The first kappa shape index (κ1) is 16.3. The lowest BCUT2D eigenvalue weighted by Gasteiger charge is -2.26. The Morgan fingerprint density at radius 3 is 3.10 bits per heavy atom. The fourth-order valence-corrected chi connectivity index (χ4v) is 4.03. The Balaban J connectivity index is 1.71. The molecule has 1 aliphatic carbocycles. The van der Waals surface area contributed by atoms with Crippen molar-refractivity contribution in [3.63, 3.8) is 0 Å². The third kappa shape index (κ3) is 6.03. The smallest absolute Gasteiger partial charge is 0.120 e. The SMILES string of the molecule is CC1CCCC(SCCOc2cccc(C#CCN)c2)C1. The molecule has 2 rings (SSSR count). The van der Waals surface area contributed by atoms with Gasteiger partial charge in [-0.1, -0.05) is 37.7 Å². The highest BCUT2D eigenvalue weighted by molar-refractivity contribution is 7.99. The van der Waals surface area contributed by atoms with Gasteiger partial charge in [0, 0.05) is 16.6 Å². The van der Waals surface area contributed by atoms with E-state index in [2.05, 4.69) is 30.5 Å². The van der Waals surface area contributed by atoms with Crippen LogP contribution >= 0.6 is 11.8 Å². The molecular weight excluding hydrogens is 278 g/mol. The van der Waals surface area contributed by atoms with Gasteiger partial charge in [0.1, 0.15) is 5.75 Å². The van der Waals surface area contributed by atoms with Gasteiger partial charge >= 0.3 is 0 Å². The molecule has 21 heavy (non-hydrogen) atoms. The van der Waals surface area contributed by atoms with Gasteiger partial charge in [0.05, 0.1) is 13.2 Å². The van der Waals surface area contributed by atoms with Crippen molar-refractivity contribution >= 4 is 11.8 Å². The minimum Gasteiger partial charge on any atom is -0.493 e. The van der Waals surface area contributed by atoms with Crippen molar-refractivity contribution in [2.45, 2.75) is 37.9 Å². The van der Waals surface area contributed by atoms with Crippen molar-refractivity contribution in [1.29, 1.82) is 0 Å². The Morgan fingerprint density at radius 1 is 1.38 bits per heavy atom. The van der Waals surface area contributed by atoms with Crippen LogP contribution in [0.5, 0.6) is 5.75 Å². The van der Waals surface area contributed by atoms with Crippen LogP contribution in [-0.2, 0) is 0 Å². The van der Waals surface area contributed by atoms with Gasteiger partial charge in [-0.15, -0.1) is 0 Å². The molecule has 1 fully saturated rings. The molecule has 2 N–H and O–H groups in total. The van der Waals surface area contributed by atoms with Crippen LogP contribution in [0.4, 0.5) is 0 Å². The molecule has 3 heteroatoms. The van der Waals surface area contributed by atoms with E-state index in [1.165, 1.54) is 25.7 Å². The number of hydrogen-bond donors (Lipinski definition) is 1. The standard InChI is InChI=1S/C18H25NOS/c1-15-5-2-9-18(13-15)21-12-11-20-17-8-3-6-16(14-17)7-4-10-19/h3,6,8,14-15,18H,2,5,9-13,19H2,1H3. The minimum atomic E-state index is 0.390. The monoisotopic (exact) mass is 303 g/mol. The summed E-state index contributed by atoms with van der Waals surface area (Å²) in [6.45, 7) is 3.53. The first-order valence-corrected chi connectivity index (χ1v) is 8.86. The van der Waals surface area contributed by atoms with E-state index in [9.17, 15) is 0 Å². The number of hydrogen-bond acceptors (Lipinski definition) is 3. The maximum absolute atomic E-state index is 5.82. The van der Waals surface area contributed by atoms with Gasteiger partial charge in [-0.05, 0) is 37.0 Å². The predicted octanol–water partition coefficient (Wildman–Crippen LogP) is 3.69. The van der Waals surface area contributed by atoms with Gasteiger partial charge in [0.2, 0.25) is 0 Å². The lowest BCUT2D eigenvalue weighted by molar-refractivity contribution is 0.342. The van der Waals surface area contributed by atoms with E-state index in [0.29, 0.717) is 6.54 Å². The zero-order valence-corrected chi connectivity index (χ0v) is 13.6. The summed E-state index contributed by atoms with van der Waals surface area (Å²) in [5.41, 5.74) is 6.35. The second kappa shape index (κ2) is 9.02. The quantitative estimate of drug-likeness (QED) is 0.665. The first-order valence-electron chi connectivity index (χ1n) is 7.81. The predicted molar refractivity (Wildman–Crippen MR) is 91.7 cm³/mol. The largest absolute Gasteiger partial charge is 0.493 e. The van der Waals surface area contributed by atoms with Crippen molar-refractivity contribution in [1.82, 2.24) is 0 Å². The van der Waals surface area contributed by atoms with Crippen LogP contribution in [0.25, 0.3) is 0 Å². The summed E-state index contributed by atoms with van der Waals surface area (Å²) in [6.07, 6.45) is 5.54. The summed E-state index contributed by atoms with van der Waals surface area (Å²) < 4.78 is 5.82. The van der Waals surface area contributed by atoms with E-state index in [1.54, 1.807) is 0 Å². The van der Waals surface area contributed by atoms with E-state index in [4.69, 9.17) is 10.5 Å². The van der Waals surface area contributed by atoms with E-state index >= 15 is 0 Å². The summed E-state index contributed by atoms with van der Waals surface area (Å²) >= 11 is 2.07. The maximum Gasteiger partial charge on any atom is 0.120 e. The van der Waals surface area contributed by atoms with Crippen molar-refractivity contribution < 1.29 is 4.74 Å². The van der Waals surface area contributed by atoms with Crippen LogP contribution in [0.3, 0.4) is 0 Å². The molecule has 1 aliphatic rings. The molecule has 114 valence electrons. The van der Waals surface area contributed by atoms with Crippen LogP contribution < -0.4 is 10.5 Å². The third-order valence-electron chi connectivity index (χ3n) is 3.76. The number of rotatable bonds is 5. The van der Waals surface area contributed by atoms with Crippen LogP contribution in [-0.4, -0.2) is 24.2 Å². The van der Waals surface area contributed by atoms with Gasteiger partial charge in [-0.25, -0.2) is 0 Å². The molecule has 0 bridgehead atoms. The van der Waals surface area contributed by atoms with Gasteiger partial charge < -0.3 is 10.5 Å².